The van der Waals surface area contributed by atoms with Gasteiger partial charge in [-0.25, -0.2) is 0 Å². The fraction of sp³-hybridized carbons (Fsp3) is 0.216. The molecule has 43 heavy (non-hydrogen) atoms. The quantitative estimate of drug-likeness (QED) is 0.149. The molecule has 0 saturated heterocycles. The number of rotatable bonds is 14. The maximum absolute atomic E-state index is 13.1. The fourth-order valence-corrected chi connectivity index (χ4v) is 5.37. The zero-order valence-electron chi connectivity index (χ0n) is 24.7. The van der Waals surface area contributed by atoms with Crippen LogP contribution in [0.5, 0.6) is 11.5 Å². The number of benzene rings is 4. The van der Waals surface area contributed by atoms with E-state index in [2.05, 4.69) is 70.9 Å². The predicted octanol–water partition coefficient (Wildman–Crippen LogP) is 7.45. The van der Waals surface area contributed by atoms with Crippen LogP contribution in [0.2, 0.25) is 0 Å². The van der Waals surface area contributed by atoms with E-state index in [0.29, 0.717) is 31.9 Å². The lowest BCUT2D eigenvalue weighted by Gasteiger charge is -2.23. The van der Waals surface area contributed by atoms with E-state index in [1.807, 2.05) is 54.6 Å². The van der Waals surface area contributed by atoms with Gasteiger partial charge in [-0.2, -0.15) is 0 Å². The van der Waals surface area contributed by atoms with E-state index in [1.165, 1.54) is 16.7 Å². The number of amides is 1. The van der Waals surface area contributed by atoms with Gasteiger partial charge in [0, 0.05) is 31.1 Å². The molecule has 1 heterocycles. The molecule has 0 aliphatic carbocycles. The standard InChI is InChI=1S/C37H38N2O4/c1-41-32-18-20-35(42-2)31(24-32)26-39(25-28-12-6-3-7-13-28)27-33-19-21-36(43-33)37(40)38-23-22-34(29-14-8-4-9-15-29)30-16-10-5-11-17-30/h3-21,24,34H,22-23,25-27H2,1-2H3,(H,38,40). The van der Waals surface area contributed by atoms with E-state index in [0.717, 1.165) is 29.2 Å². The van der Waals surface area contributed by atoms with E-state index >= 15 is 0 Å². The highest BCUT2D eigenvalue weighted by Gasteiger charge is 2.18. The third kappa shape index (κ3) is 8.15. The Kier molecular flexibility index (Phi) is 10.3. The van der Waals surface area contributed by atoms with Crippen LogP contribution in [0.25, 0.3) is 0 Å². The predicted molar refractivity (Wildman–Crippen MR) is 169 cm³/mol. The van der Waals surface area contributed by atoms with Gasteiger partial charge in [0.2, 0.25) is 0 Å². The summed E-state index contributed by atoms with van der Waals surface area (Å²) >= 11 is 0. The van der Waals surface area contributed by atoms with Crippen LogP contribution in [0.4, 0.5) is 0 Å². The molecule has 1 amide bonds. The van der Waals surface area contributed by atoms with Crippen molar-refractivity contribution in [2.45, 2.75) is 32.0 Å². The zero-order chi connectivity index (χ0) is 29.9. The number of ether oxygens (including phenoxy) is 2. The Balaban J connectivity index is 1.25. The molecule has 0 atom stereocenters. The zero-order valence-corrected chi connectivity index (χ0v) is 24.7. The number of methoxy groups -OCH3 is 2. The lowest BCUT2D eigenvalue weighted by molar-refractivity contribution is 0.0920. The second kappa shape index (κ2) is 14.9. The van der Waals surface area contributed by atoms with Crippen molar-refractivity contribution >= 4 is 5.91 Å². The van der Waals surface area contributed by atoms with Crippen molar-refractivity contribution in [2.75, 3.05) is 20.8 Å². The molecular weight excluding hydrogens is 536 g/mol. The Morgan fingerprint density at radius 3 is 2.02 bits per heavy atom. The molecule has 0 unspecified atom stereocenters. The molecular formula is C37H38N2O4. The van der Waals surface area contributed by atoms with Gasteiger partial charge in [-0.3, -0.25) is 9.69 Å². The molecule has 0 aliphatic rings. The molecule has 5 rings (SSSR count). The van der Waals surface area contributed by atoms with Gasteiger partial charge in [0.05, 0.1) is 20.8 Å². The number of hydrogen-bond donors (Lipinski definition) is 1. The lowest BCUT2D eigenvalue weighted by Crippen LogP contribution is -2.25. The van der Waals surface area contributed by atoms with E-state index in [4.69, 9.17) is 13.9 Å². The monoisotopic (exact) mass is 574 g/mol. The molecule has 0 radical (unpaired) electrons. The van der Waals surface area contributed by atoms with Crippen molar-refractivity contribution in [3.05, 3.63) is 155 Å². The van der Waals surface area contributed by atoms with Gasteiger partial charge in [-0.05, 0) is 53.4 Å². The molecule has 6 nitrogen and oxygen atoms in total. The minimum atomic E-state index is -0.213. The van der Waals surface area contributed by atoms with Crippen LogP contribution < -0.4 is 14.8 Å². The maximum atomic E-state index is 13.1. The average molecular weight is 575 g/mol. The van der Waals surface area contributed by atoms with Gasteiger partial charge >= 0.3 is 0 Å². The summed E-state index contributed by atoms with van der Waals surface area (Å²) in [6.45, 7) is 2.35. The Morgan fingerprint density at radius 1 is 0.744 bits per heavy atom. The van der Waals surface area contributed by atoms with Crippen molar-refractivity contribution in [3.63, 3.8) is 0 Å². The fourth-order valence-electron chi connectivity index (χ4n) is 5.37. The van der Waals surface area contributed by atoms with Crippen LogP contribution in [-0.4, -0.2) is 31.6 Å². The molecule has 6 heteroatoms. The molecule has 0 saturated carbocycles. The first kappa shape index (κ1) is 29.7. The van der Waals surface area contributed by atoms with Crippen LogP contribution >= 0.6 is 0 Å². The number of carbonyl (C=O) groups excluding carboxylic acids is 1. The highest BCUT2D eigenvalue weighted by atomic mass is 16.5. The molecule has 1 N–H and O–H groups in total. The van der Waals surface area contributed by atoms with Crippen molar-refractivity contribution in [3.8, 4) is 11.5 Å². The maximum Gasteiger partial charge on any atom is 0.286 e. The number of nitrogens with zero attached hydrogens (tertiary/aromatic N) is 1. The van der Waals surface area contributed by atoms with Gasteiger partial charge in [-0.15, -0.1) is 0 Å². The van der Waals surface area contributed by atoms with Crippen LogP contribution in [0.1, 0.15) is 50.9 Å². The summed E-state index contributed by atoms with van der Waals surface area (Å²) in [7, 11) is 3.33. The number of furan rings is 1. The van der Waals surface area contributed by atoms with E-state index < -0.39 is 0 Å². The van der Waals surface area contributed by atoms with Crippen molar-refractivity contribution < 1.29 is 18.7 Å². The van der Waals surface area contributed by atoms with Crippen molar-refractivity contribution in [1.29, 1.82) is 0 Å². The molecule has 220 valence electrons. The van der Waals surface area contributed by atoms with Gasteiger partial charge < -0.3 is 19.2 Å². The molecule has 0 bridgehead atoms. The normalized spacial score (nSPS) is 11.1. The lowest BCUT2D eigenvalue weighted by atomic mass is 9.88. The van der Waals surface area contributed by atoms with Crippen molar-refractivity contribution in [2.24, 2.45) is 0 Å². The van der Waals surface area contributed by atoms with E-state index in [1.54, 1.807) is 20.3 Å². The highest BCUT2D eigenvalue weighted by molar-refractivity contribution is 5.91. The summed E-state index contributed by atoms with van der Waals surface area (Å²) < 4.78 is 17.2. The van der Waals surface area contributed by atoms with Crippen LogP contribution in [0.3, 0.4) is 0 Å². The Morgan fingerprint density at radius 2 is 1.40 bits per heavy atom. The van der Waals surface area contributed by atoms with E-state index in [9.17, 15) is 4.79 Å². The van der Waals surface area contributed by atoms with E-state index in [-0.39, 0.29) is 11.8 Å². The highest BCUT2D eigenvalue weighted by Crippen LogP contribution is 2.28. The van der Waals surface area contributed by atoms with Crippen LogP contribution in [0, 0.1) is 0 Å². The van der Waals surface area contributed by atoms with Gasteiger partial charge in [0.1, 0.15) is 17.3 Å². The number of carbonyl (C=O) groups is 1. The molecule has 1 aromatic heterocycles. The largest absolute Gasteiger partial charge is 0.497 e. The first-order chi connectivity index (χ1) is 21.1. The molecule has 4 aromatic carbocycles. The molecule has 0 spiro atoms. The number of hydrogen-bond acceptors (Lipinski definition) is 5. The minimum absolute atomic E-state index is 0.190. The SMILES string of the molecule is COc1ccc(OC)c(CN(Cc2ccccc2)Cc2ccc(C(=O)NCCC(c3ccccc3)c3ccccc3)o2)c1. The summed E-state index contributed by atoms with van der Waals surface area (Å²) in [5, 5.41) is 3.07. The number of nitrogens with one attached hydrogen (secondary N) is 1. The second-order valence-corrected chi connectivity index (χ2v) is 10.5. The Bertz CT molecular complexity index is 1530. The Labute approximate surface area is 253 Å². The summed E-state index contributed by atoms with van der Waals surface area (Å²) in [5.74, 6) is 2.57. The third-order valence-corrected chi connectivity index (χ3v) is 7.52. The summed E-state index contributed by atoms with van der Waals surface area (Å²) in [5.41, 5.74) is 4.65. The second-order valence-electron chi connectivity index (χ2n) is 10.5. The summed E-state index contributed by atoms with van der Waals surface area (Å²) in [6, 6.07) is 40.6. The molecule has 0 aliphatic heterocycles. The first-order valence-corrected chi connectivity index (χ1v) is 14.6. The van der Waals surface area contributed by atoms with Gasteiger partial charge in [0.25, 0.3) is 5.91 Å². The summed E-state index contributed by atoms with van der Waals surface area (Å²) in [6.07, 6.45) is 0.778. The smallest absolute Gasteiger partial charge is 0.286 e. The van der Waals surface area contributed by atoms with Crippen LogP contribution in [0.15, 0.2) is 126 Å². The van der Waals surface area contributed by atoms with Gasteiger partial charge in [0.15, 0.2) is 5.76 Å². The van der Waals surface area contributed by atoms with Crippen LogP contribution in [-0.2, 0) is 19.6 Å². The Hall–Kier alpha value is -4.81. The minimum Gasteiger partial charge on any atom is -0.497 e. The summed E-state index contributed by atoms with van der Waals surface area (Å²) in [4.78, 5) is 15.3. The molecule has 5 aromatic rings. The van der Waals surface area contributed by atoms with Crippen molar-refractivity contribution in [1.82, 2.24) is 10.2 Å². The first-order valence-electron chi connectivity index (χ1n) is 14.6. The van der Waals surface area contributed by atoms with Gasteiger partial charge in [-0.1, -0.05) is 91.0 Å². The molecule has 0 fully saturated rings. The average Bonchev–Trinajstić information content (AvgIpc) is 3.53. The topological polar surface area (TPSA) is 63.9 Å². The third-order valence-electron chi connectivity index (χ3n) is 7.52.